The maximum absolute atomic E-state index is 12.0. The number of sulfone groups is 1. The number of alkyl halides is 3. The number of benzene rings is 1. The predicted octanol–water partition coefficient (Wildman–Crippen LogP) is -1.60. The van der Waals surface area contributed by atoms with Crippen molar-refractivity contribution in [3.8, 4) is 0 Å². The van der Waals surface area contributed by atoms with Crippen LogP contribution in [0.3, 0.4) is 0 Å². The van der Waals surface area contributed by atoms with Crippen molar-refractivity contribution in [3.05, 3.63) is 30.3 Å². The van der Waals surface area contributed by atoms with E-state index in [0.717, 1.165) is 18.2 Å². The molecule has 0 aliphatic heterocycles. The van der Waals surface area contributed by atoms with Crippen molar-refractivity contribution >= 4 is 32.9 Å². The molecule has 0 radical (unpaired) electrons. The van der Waals surface area contributed by atoms with Gasteiger partial charge in [-0.1, -0.05) is 0 Å². The molecule has 1 rings (SSSR count). The second-order valence-corrected chi connectivity index (χ2v) is 4.02. The van der Waals surface area contributed by atoms with Crippen LogP contribution in [0.25, 0.3) is 0 Å². The Morgan fingerprint density at radius 2 is 1.93 bits per heavy atom. The number of hydrogen-bond donors (Lipinski definition) is 0. The van der Waals surface area contributed by atoms with E-state index >= 15 is 0 Å². The fourth-order valence-corrected chi connectivity index (χ4v) is 1.32. The van der Waals surface area contributed by atoms with Gasteiger partial charge < -0.3 is 12.4 Å². The summed E-state index contributed by atoms with van der Waals surface area (Å²) in [5.74, 6) is 0. The van der Waals surface area contributed by atoms with Crippen LogP contribution in [-0.4, -0.2) is 37.0 Å². The zero-order chi connectivity index (χ0) is 11.0. The molecular formula is C7H4ClF3MgO2S. The molecule has 0 fully saturated rings. The summed E-state index contributed by atoms with van der Waals surface area (Å²) in [7, 11) is -5.43. The third-order valence-electron chi connectivity index (χ3n) is 1.22. The van der Waals surface area contributed by atoms with Crippen LogP contribution in [0.5, 0.6) is 0 Å². The van der Waals surface area contributed by atoms with Crippen LogP contribution in [0.2, 0.25) is 0 Å². The van der Waals surface area contributed by atoms with Crippen LogP contribution in [-0.2, 0) is 9.84 Å². The monoisotopic (exact) mass is 269 g/mol. The Morgan fingerprint density at radius 3 is 2.33 bits per heavy atom. The minimum Gasteiger partial charge on any atom is -1.00 e. The second kappa shape index (κ2) is 5.93. The zero-order valence-electron chi connectivity index (χ0n) is 8.18. The minimum atomic E-state index is -5.43. The fourth-order valence-electron chi connectivity index (χ4n) is 0.620. The van der Waals surface area contributed by atoms with E-state index in [4.69, 9.17) is 1.37 Å². The molecule has 0 unspecified atom stereocenters. The molecule has 0 amide bonds. The van der Waals surface area contributed by atoms with Gasteiger partial charge >= 0.3 is 28.6 Å². The first-order valence-electron chi connectivity index (χ1n) is 3.55. The summed E-state index contributed by atoms with van der Waals surface area (Å²) < 4.78 is 64.6. The predicted molar refractivity (Wildman–Crippen MR) is 44.3 cm³/mol. The van der Waals surface area contributed by atoms with Gasteiger partial charge in [0.2, 0.25) is 9.84 Å². The van der Waals surface area contributed by atoms with E-state index in [9.17, 15) is 21.6 Å². The molecule has 0 atom stereocenters. The van der Waals surface area contributed by atoms with E-state index < -0.39 is 26.3 Å². The fraction of sp³-hybridized carbons (Fsp3) is 0.143. The number of rotatable bonds is 1. The van der Waals surface area contributed by atoms with Crippen molar-refractivity contribution < 1.29 is 35.4 Å². The summed E-state index contributed by atoms with van der Waals surface area (Å²) in [6.07, 6.45) is 0. The zero-order valence-corrected chi connectivity index (χ0v) is 10.2. The molecule has 0 saturated carbocycles. The molecular weight excluding hydrogens is 265 g/mol. The second-order valence-electron chi connectivity index (χ2n) is 2.11. The molecule has 0 aliphatic rings. The van der Waals surface area contributed by atoms with Gasteiger partial charge in [-0.25, -0.2) is 8.42 Å². The summed E-state index contributed by atoms with van der Waals surface area (Å²) in [5.41, 5.74) is -5.38. The standard InChI is InChI=1S/C7H4F3O2S.ClH.Mg/c8-7(9,10)13(11,12)6-4-2-1-3-5-6;;/h1-2,4-5H;1H;/q-1;;+2/p-1/i5D;;. The Hall–Kier alpha value is 0.0162. The van der Waals surface area contributed by atoms with E-state index in [-0.39, 0.29) is 35.5 Å². The van der Waals surface area contributed by atoms with Crippen LogP contribution in [0.1, 0.15) is 1.37 Å². The average molecular weight is 270 g/mol. The van der Waals surface area contributed by atoms with Gasteiger partial charge in [-0.05, 0) is 4.90 Å². The third-order valence-corrected chi connectivity index (χ3v) is 2.64. The molecule has 0 N–H and O–H groups in total. The Bertz CT molecular complexity index is 449. The van der Waals surface area contributed by atoms with Crippen molar-refractivity contribution in [2.24, 2.45) is 0 Å². The Balaban J connectivity index is 0. The Labute approximate surface area is 109 Å². The van der Waals surface area contributed by atoms with Crippen molar-refractivity contribution in [2.45, 2.75) is 10.4 Å². The molecule has 1 aromatic rings. The molecule has 2 nitrogen and oxygen atoms in total. The topological polar surface area (TPSA) is 34.1 Å². The van der Waals surface area contributed by atoms with Gasteiger partial charge in [-0.3, -0.25) is 0 Å². The van der Waals surface area contributed by atoms with Crippen LogP contribution in [0.15, 0.2) is 29.1 Å². The Kier molecular flexibility index (Phi) is 5.93. The van der Waals surface area contributed by atoms with Crippen molar-refractivity contribution in [1.82, 2.24) is 0 Å². The summed E-state index contributed by atoms with van der Waals surface area (Å²) in [6.45, 7) is 0. The summed E-state index contributed by atoms with van der Waals surface area (Å²) in [4.78, 5) is -1.08. The Morgan fingerprint density at radius 1 is 1.40 bits per heavy atom. The first-order valence-corrected chi connectivity index (χ1v) is 4.54. The average Bonchev–Trinajstić information content (AvgIpc) is 2.02. The van der Waals surface area contributed by atoms with Crippen molar-refractivity contribution in [1.29, 1.82) is 0 Å². The van der Waals surface area contributed by atoms with Gasteiger partial charge in [-0.15, -0.1) is 0 Å². The maximum Gasteiger partial charge on any atom is 2.00 e. The van der Waals surface area contributed by atoms with E-state index in [1.807, 2.05) is 0 Å². The molecule has 8 heteroatoms. The maximum atomic E-state index is 12.0. The molecule has 1 aromatic carbocycles. The molecule has 0 aromatic heterocycles. The van der Waals surface area contributed by atoms with Gasteiger partial charge in [0, 0.05) is 1.37 Å². The molecule has 0 aliphatic carbocycles. The van der Waals surface area contributed by atoms with Gasteiger partial charge in [0.25, 0.3) is 0 Å². The normalized spacial score (nSPS) is 12.1. The van der Waals surface area contributed by atoms with E-state index in [2.05, 4.69) is 6.07 Å². The van der Waals surface area contributed by atoms with Gasteiger partial charge in [0.15, 0.2) is 0 Å². The number of hydrogen-bond acceptors (Lipinski definition) is 2. The molecule has 0 bridgehead atoms. The van der Waals surface area contributed by atoms with Crippen molar-refractivity contribution in [3.63, 3.8) is 0 Å². The largest absolute Gasteiger partial charge is 2.00 e. The summed E-state index contributed by atoms with van der Waals surface area (Å²) >= 11 is 0. The summed E-state index contributed by atoms with van der Waals surface area (Å²) in [5, 5.41) is 0. The smallest absolute Gasteiger partial charge is 1.00 e. The van der Waals surface area contributed by atoms with E-state index in [0.29, 0.717) is 0 Å². The molecule has 0 spiro atoms. The van der Waals surface area contributed by atoms with Crippen molar-refractivity contribution in [2.75, 3.05) is 0 Å². The van der Waals surface area contributed by atoms with Gasteiger partial charge in [-0.2, -0.15) is 43.5 Å². The van der Waals surface area contributed by atoms with Gasteiger partial charge in [0.1, 0.15) is 0 Å². The molecule has 80 valence electrons. The summed E-state index contributed by atoms with van der Waals surface area (Å²) in [6, 6.07) is 4.25. The minimum absolute atomic E-state index is 0. The SMILES string of the molecule is [2H]c1[c-]cccc1S(=O)(=O)C(F)(F)F.[Cl-].[Mg+2]. The van der Waals surface area contributed by atoms with E-state index in [1.54, 1.807) is 0 Å². The molecule has 0 saturated heterocycles. The van der Waals surface area contributed by atoms with Crippen LogP contribution >= 0.6 is 0 Å². The van der Waals surface area contributed by atoms with Crippen LogP contribution in [0, 0.1) is 6.07 Å². The first-order chi connectivity index (χ1) is 6.27. The van der Waals surface area contributed by atoms with Crippen LogP contribution < -0.4 is 12.4 Å². The third kappa shape index (κ3) is 3.82. The quantitative estimate of drug-likeness (QED) is 0.455. The molecule has 15 heavy (non-hydrogen) atoms. The van der Waals surface area contributed by atoms with Crippen LogP contribution in [0.4, 0.5) is 13.2 Å². The van der Waals surface area contributed by atoms with E-state index in [1.165, 1.54) is 0 Å². The van der Waals surface area contributed by atoms with Gasteiger partial charge in [0.05, 0.1) is 0 Å². The first kappa shape index (κ1) is 15.0. The number of halogens is 4. The molecule has 0 heterocycles.